The molecule has 0 bridgehead atoms. The number of rotatable bonds is 4. The van der Waals surface area contributed by atoms with Crippen molar-refractivity contribution in [2.24, 2.45) is 0 Å². The van der Waals surface area contributed by atoms with Crippen molar-refractivity contribution in [3.05, 3.63) is 22.4 Å². The molecule has 3 unspecified atom stereocenters. The van der Waals surface area contributed by atoms with Crippen LogP contribution in [0, 0.1) is 0 Å². The van der Waals surface area contributed by atoms with E-state index in [-0.39, 0.29) is 29.9 Å². The quantitative estimate of drug-likeness (QED) is 0.858. The van der Waals surface area contributed by atoms with Crippen molar-refractivity contribution < 1.29 is 9.59 Å². The van der Waals surface area contributed by atoms with Crippen LogP contribution in [0.3, 0.4) is 0 Å². The predicted octanol–water partition coefficient (Wildman–Crippen LogP) is 2.81. The van der Waals surface area contributed by atoms with Crippen LogP contribution in [0.1, 0.15) is 50.4 Å². The molecule has 1 aromatic rings. The summed E-state index contributed by atoms with van der Waals surface area (Å²) in [6, 6.07) is 3.62. The molecule has 3 heterocycles. The lowest BCUT2D eigenvalue weighted by Crippen LogP contribution is -2.63. The first-order chi connectivity index (χ1) is 10.2. The van der Waals surface area contributed by atoms with Crippen molar-refractivity contribution in [1.29, 1.82) is 0 Å². The summed E-state index contributed by atoms with van der Waals surface area (Å²) in [4.78, 5) is 30.6. The Hall–Kier alpha value is -1.36. The zero-order valence-corrected chi connectivity index (χ0v) is 13.4. The molecule has 21 heavy (non-hydrogen) atoms. The Morgan fingerprint density at radius 2 is 2.14 bits per heavy atom. The van der Waals surface area contributed by atoms with Crippen LogP contribution in [-0.2, 0) is 9.59 Å². The lowest BCUT2D eigenvalue weighted by molar-refractivity contribution is -0.162. The number of carbonyl (C=O) groups is 2. The van der Waals surface area contributed by atoms with Gasteiger partial charge in [-0.3, -0.25) is 9.59 Å². The fraction of sp³-hybridized carbons (Fsp3) is 0.625. The summed E-state index contributed by atoms with van der Waals surface area (Å²) >= 11 is 1.67. The summed E-state index contributed by atoms with van der Waals surface area (Å²) in [6.07, 6.45) is 3.30. The molecule has 3 rings (SSSR count). The summed E-state index contributed by atoms with van der Waals surface area (Å²) in [7, 11) is 0. The van der Waals surface area contributed by atoms with Crippen LogP contribution in [0.25, 0.3) is 0 Å². The summed E-state index contributed by atoms with van der Waals surface area (Å²) in [5.74, 6) is 0.300. The number of piperazine rings is 1. The molecule has 2 amide bonds. The van der Waals surface area contributed by atoms with Gasteiger partial charge in [-0.25, -0.2) is 0 Å². The van der Waals surface area contributed by atoms with Crippen molar-refractivity contribution in [3.63, 3.8) is 0 Å². The van der Waals surface area contributed by atoms with Crippen molar-refractivity contribution >= 4 is 23.2 Å². The topological polar surface area (TPSA) is 40.6 Å². The van der Waals surface area contributed by atoms with Gasteiger partial charge < -0.3 is 9.80 Å². The second-order valence-corrected chi connectivity index (χ2v) is 6.78. The molecule has 0 N–H and O–H groups in total. The third-order valence-corrected chi connectivity index (χ3v) is 5.65. The fourth-order valence-corrected chi connectivity index (χ4v) is 4.59. The van der Waals surface area contributed by atoms with Crippen LogP contribution in [0.2, 0.25) is 0 Å². The maximum Gasteiger partial charge on any atom is 0.246 e. The molecule has 114 valence electrons. The van der Waals surface area contributed by atoms with Crippen LogP contribution in [0.4, 0.5) is 0 Å². The average Bonchev–Trinajstić information content (AvgIpc) is 3.16. The van der Waals surface area contributed by atoms with E-state index in [9.17, 15) is 9.59 Å². The average molecular weight is 306 g/mol. The first-order valence-corrected chi connectivity index (χ1v) is 8.73. The van der Waals surface area contributed by atoms with Crippen LogP contribution in [0.5, 0.6) is 0 Å². The standard InChI is InChI=1S/C16H22N2O2S/c1-3-11(14-8-6-10-21-14)18-12(4-2)15(19)17-9-5-7-13(17)16(18)20/h6,8,10-13H,3-5,7,9H2,1-2H3. The van der Waals surface area contributed by atoms with Gasteiger partial charge in [0.1, 0.15) is 12.1 Å². The van der Waals surface area contributed by atoms with Gasteiger partial charge in [-0.15, -0.1) is 11.3 Å². The van der Waals surface area contributed by atoms with Crippen LogP contribution in [-0.4, -0.2) is 40.2 Å². The Morgan fingerprint density at radius 1 is 1.33 bits per heavy atom. The number of hydrogen-bond donors (Lipinski definition) is 0. The van der Waals surface area contributed by atoms with E-state index in [0.717, 1.165) is 25.8 Å². The Morgan fingerprint density at radius 3 is 2.76 bits per heavy atom. The van der Waals surface area contributed by atoms with E-state index in [2.05, 4.69) is 13.0 Å². The van der Waals surface area contributed by atoms with Gasteiger partial charge >= 0.3 is 0 Å². The number of fused-ring (bicyclic) bond motifs is 1. The molecule has 0 spiro atoms. The lowest BCUT2D eigenvalue weighted by atomic mass is 9.98. The molecule has 0 saturated carbocycles. The molecule has 0 aliphatic carbocycles. The normalized spacial score (nSPS) is 27.1. The van der Waals surface area contributed by atoms with Crippen molar-refractivity contribution in [3.8, 4) is 0 Å². The van der Waals surface area contributed by atoms with Gasteiger partial charge in [0.2, 0.25) is 11.8 Å². The molecule has 0 aromatic carbocycles. The summed E-state index contributed by atoms with van der Waals surface area (Å²) in [6.45, 7) is 4.84. The molecular weight excluding hydrogens is 284 g/mol. The molecule has 2 saturated heterocycles. The molecule has 3 atom stereocenters. The smallest absolute Gasteiger partial charge is 0.246 e. The Labute approximate surface area is 129 Å². The lowest BCUT2D eigenvalue weighted by Gasteiger charge is -2.45. The summed E-state index contributed by atoms with van der Waals surface area (Å²) in [5.41, 5.74) is 0. The molecular formula is C16H22N2O2S. The third-order valence-electron chi connectivity index (χ3n) is 4.68. The third kappa shape index (κ3) is 2.27. The molecule has 0 radical (unpaired) electrons. The van der Waals surface area contributed by atoms with E-state index in [4.69, 9.17) is 0 Å². The second-order valence-electron chi connectivity index (χ2n) is 5.80. The van der Waals surface area contributed by atoms with Gasteiger partial charge in [-0.2, -0.15) is 0 Å². The van der Waals surface area contributed by atoms with Crippen LogP contribution < -0.4 is 0 Å². The van der Waals surface area contributed by atoms with Gasteiger partial charge in [-0.05, 0) is 37.1 Å². The van der Waals surface area contributed by atoms with Crippen molar-refractivity contribution in [2.75, 3.05) is 6.54 Å². The summed E-state index contributed by atoms with van der Waals surface area (Å²) in [5, 5.41) is 2.04. The molecule has 5 heteroatoms. The van der Waals surface area contributed by atoms with E-state index in [1.807, 2.05) is 28.2 Å². The van der Waals surface area contributed by atoms with Gasteiger partial charge in [0.05, 0.1) is 6.04 Å². The Balaban J connectivity index is 1.97. The minimum absolute atomic E-state index is 0.0362. The molecule has 2 aliphatic rings. The highest BCUT2D eigenvalue weighted by Gasteiger charge is 2.49. The highest BCUT2D eigenvalue weighted by atomic mass is 32.1. The maximum absolute atomic E-state index is 13.0. The van der Waals surface area contributed by atoms with E-state index in [1.165, 1.54) is 4.88 Å². The molecule has 1 aromatic heterocycles. The number of carbonyl (C=O) groups excluding carboxylic acids is 2. The van der Waals surface area contributed by atoms with E-state index in [1.54, 1.807) is 11.3 Å². The van der Waals surface area contributed by atoms with E-state index < -0.39 is 0 Å². The second kappa shape index (κ2) is 5.79. The van der Waals surface area contributed by atoms with Gasteiger partial charge in [0.15, 0.2) is 0 Å². The maximum atomic E-state index is 13.0. The van der Waals surface area contributed by atoms with Gasteiger partial charge in [-0.1, -0.05) is 19.9 Å². The van der Waals surface area contributed by atoms with Crippen molar-refractivity contribution in [1.82, 2.24) is 9.80 Å². The highest BCUT2D eigenvalue weighted by molar-refractivity contribution is 7.10. The number of amides is 2. The minimum atomic E-state index is -0.293. The van der Waals surface area contributed by atoms with E-state index in [0.29, 0.717) is 6.42 Å². The summed E-state index contributed by atoms with van der Waals surface area (Å²) < 4.78 is 0. The number of thiophene rings is 1. The molecule has 2 fully saturated rings. The van der Waals surface area contributed by atoms with Gasteiger partial charge in [0, 0.05) is 11.4 Å². The fourth-order valence-electron chi connectivity index (χ4n) is 3.68. The molecule has 4 nitrogen and oxygen atoms in total. The van der Waals surface area contributed by atoms with Crippen LogP contribution in [0.15, 0.2) is 17.5 Å². The predicted molar refractivity (Wildman–Crippen MR) is 83.0 cm³/mol. The minimum Gasteiger partial charge on any atom is -0.329 e. The molecule has 2 aliphatic heterocycles. The van der Waals surface area contributed by atoms with Crippen molar-refractivity contribution in [2.45, 2.75) is 57.7 Å². The number of nitrogens with zero attached hydrogens (tertiary/aromatic N) is 2. The first kappa shape index (κ1) is 14.6. The van der Waals surface area contributed by atoms with Crippen LogP contribution >= 0.6 is 11.3 Å². The SMILES string of the molecule is CCC1C(=O)N2CCCC2C(=O)N1C(CC)c1cccs1. The van der Waals surface area contributed by atoms with Gasteiger partial charge in [0.25, 0.3) is 0 Å². The zero-order valence-electron chi connectivity index (χ0n) is 12.6. The monoisotopic (exact) mass is 306 g/mol. The highest BCUT2D eigenvalue weighted by Crippen LogP contribution is 2.37. The first-order valence-electron chi connectivity index (χ1n) is 7.85. The number of hydrogen-bond acceptors (Lipinski definition) is 3. The largest absolute Gasteiger partial charge is 0.329 e. The van der Waals surface area contributed by atoms with E-state index >= 15 is 0 Å². The Kier molecular flexibility index (Phi) is 4.02. The Bertz CT molecular complexity index is 528. The zero-order chi connectivity index (χ0) is 15.0.